The van der Waals surface area contributed by atoms with Gasteiger partial charge in [-0.3, -0.25) is 19.3 Å². The van der Waals surface area contributed by atoms with Crippen molar-refractivity contribution in [1.82, 2.24) is 10.2 Å². The number of nitrogens with one attached hydrogen (secondary N) is 1. The SMILES string of the molecule is O=CC(CC1CCCC1)(NC(=O)c1cccs1)N1CCC2OCC(=O)C21. The van der Waals surface area contributed by atoms with Crippen LogP contribution >= 0.6 is 11.3 Å². The van der Waals surface area contributed by atoms with Crippen LogP contribution in [0.15, 0.2) is 17.5 Å². The fraction of sp³-hybridized carbons (Fsp3) is 0.632. The lowest BCUT2D eigenvalue weighted by atomic mass is 9.91. The molecule has 0 spiro atoms. The number of hydrogen-bond acceptors (Lipinski definition) is 6. The molecule has 2 saturated heterocycles. The second-order valence-corrected chi connectivity index (χ2v) is 8.52. The van der Waals surface area contributed by atoms with Gasteiger partial charge in [-0.05, 0) is 30.2 Å². The minimum absolute atomic E-state index is 0.00974. The summed E-state index contributed by atoms with van der Waals surface area (Å²) in [5, 5.41) is 4.85. The van der Waals surface area contributed by atoms with Crippen LogP contribution in [-0.2, 0) is 14.3 Å². The van der Waals surface area contributed by atoms with Crippen molar-refractivity contribution >= 4 is 29.3 Å². The zero-order chi connectivity index (χ0) is 18.1. The molecule has 3 fully saturated rings. The van der Waals surface area contributed by atoms with Gasteiger partial charge in [0.15, 0.2) is 17.7 Å². The summed E-state index contributed by atoms with van der Waals surface area (Å²) in [6.07, 6.45) is 6.41. The molecule has 26 heavy (non-hydrogen) atoms. The Hall–Kier alpha value is -1.57. The van der Waals surface area contributed by atoms with Gasteiger partial charge in [-0.2, -0.15) is 0 Å². The smallest absolute Gasteiger partial charge is 0.263 e. The Morgan fingerprint density at radius 1 is 1.38 bits per heavy atom. The highest BCUT2D eigenvalue weighted by atomic mass is 32.1. The van der Waals surface area contributed by atoms with Crippen molar-refractivity contribution in [3.05, 3.63) is 22.4 Å². The molecule has 0 bridgehead atoms. The van der Waals surface area contributed by atoms with Crippen molar-refractivity contribution in [2.45, 2.75) is 56.3 Å². The van der Waals surface area contributed by atoms with E-state index < -0.39 is 11.7 Å². The summed E-state index contributed by atoms with van der Waals surface area (Å²) >= 11 is 1.35. The minimum atomic E-state index is -1.14. The Balaban J connectivity index is 1.64. The molecule has 3 unspecified atom stereocenters. The van der Waals surface area contributed by atoms with Gasteiger partial charge in [0, 0.05) is 6.54 Å². The largest absolute Gasteiger partial charge is 0.368 e. The standard InChI is InChI=1S/C19H24N2O4S/c22-12-19(10-13-4-1-2-5-13,20-18(24)16-6-3-9-26-16)21-8-7-15-17(21)14(23)11-25-15/h3,6,9,12-13,15,17H,1-2,4-5,7-8,10-11H2,(H,20,24). The number of ether oxygens (including phenoxy) is 1. The molecule has 1 aliphatic carbocycles. The van der Waals surface area contributed by atoms with E-state index in [2.05, 4.69) is 5.32 Å². The maximum Gasteiger partial charge on any atom is 0.263 e. The second kappa shape index (κ2) is 7.21. The lowest BCUT2D eigenvalue weighted by Crippen LogP contribution is -2.65. The van der Waals surface area contributed by atoms with Crippen LogP contribution in [0.4, 0.5) is 0 Å². The van der Waals surface area contributed by atoms with E-state index in [1.54, 1.807) is 6.07 Å². The van der Waals surface area contributed by atoms with Gasteiger partial charge in [-0.15, -0.1) is 11.3 Å². The Bertz CT molecular complexity index is 686. The molecule has 6 nitrogen and oxygen atoms in total. The summed E-state index contributed by atoms with van der Waals surface area (Å²) in [4.78, 5) is 40.0. The summed E-state index contributed by atoms with van der Waals surface area (Å²) in [6.45, 7) is 0.681. The molecule has 0 aromatic carbocycles. The molecule has 3 heterocycles. The Labute approximate surface area is 156 Å². The van der Waals surface area contributed by atoms with Gasteiger partial charge in [-0.25, -0.2) is 0 Å². The number of hydrogen-bond donors (Lipinski definition) is 1. The van der Waals surface area contributed by atoms with E-state index in [-0.39, 0.29) is 24.4 Å². The van der Waals surface area contributed by atoms with Crippen molar-refractivity contribution in [3.8, 4) is 0 Å². The minimum Gasteiger partial charge on any atom is -0.368 e. The van der Waals surface area contributed by atoms with Crippen molar-refractivity contribution in [2.75, 3.05) is 13.2 Å². The van der Waals surface area contributed by atoms with Gasteiger partial charge in [0.25, 0.3) is 5.91 Å². The van der Waals surface area contributed by atoms with E-state index >= 15 is 0 Å². The van der Waals surface area contributed by atoms with Crippen LogP contribution < -0.4 is 5.32 Å². The molecule has 2 aliphatic heterocycles. The van der Waals surface area contributed by atoms with Crippen LogP contribution in [0.2, 0.25) is 0 Å². The molecule has 0 radical (unpaired) electrons. The van der Waals surface area contributed by atoms with Crippen molar-refractivity contribution in [3.63, 3.8) is 0 Å². The molecular formula is C19H24N2O4S. The lowest BCUT2D eigenvalue weighted by Gasteiger charge is -2.41. The third-order valence-corrected chi connectivity index (χ3v) is 6.84. The first-order chi connectivity index (χ1) is 12.6. The van der Waals surface area contributed by atoms with E-state index in [1.807, 2.05) is 16.3 Å². The van der Waals surface area contributed by atoms with Crippen molar-refractivity contribution in [1.29, 1.82) is 0 Å². The number of nitrogens with zero attached hydrogens (tertiary/aromatic N) is 1. The van der Waals surface area contributed by atoms with Crippen LogP contribution in [0.5, 0.6) is 0 Å². The van der Waals surface area contributed by atoms with Crippen LogP contribution in [0, 0.1) is 5.92 Å². The first-order valence-corrected chi connectivity index (χ1v) is 10.2. The van der Waals surface area contributed by atoms with Gasteiger partial charge in [0.1, 0.15) is 6.61 Å². The number of carbonyl (C=O) groups is 3. The monoisotopic (exact) mass is 376 g/mol. The number of amides is 1. The fourth-order valence-corrected chi connectivity index (χ4v) is 5.37. The summed E-state index contributed by atoms with van der Waals surface area (Å²) in [5.74, 6) is 0.149. The number of rotatable bonds is 6. The number of carbonyl (C=O) groups excluding carboxylic acids is 3. The van der Waals surface area contributed by atoms with E-state index in [4.69, 9.17) is 4.74 Å². The topological polar surface area (TPSA) is 75.7 Å². The molecule has 3 aliphatic rings. The predicted octanol–water partition coefficient (Wildman–Crippen LogP) is 2.00. The summed E-state index contributed by atoms with van der Waals surface area (Å²) in [7, 11) is 0. The van der Waals surface area contributed by atoms with E-state index in [0.717, 1.165) is 32.0 Å². The quantitative estimate of drug-likeness (QED) is 0.769. The lowest BCUT2D eigenvalue weighted by molar-refractivity contribution is -0.129. The highest BCUT2D eigenvalue weighted by molar-refractivity contribution is 7.12. The fourth-order valence-electron chi connectivity index (χ4n) is 4.75. The first kappa shape index (κ1) is 17.8. The zero-order valence-corrected chi connectivity index (χ0v) is 15.5. The number of likely N-dealkylation sites (tertiary alicyclic amines) is 1. The van der Waals surface area contributed by atoms with Gasteiger partial charge >= 0.3 is 0 Å². The van der Waals surface area contributed by atoms with E-state index in [0.29, 0.717) is 30.2 Å². The number of aldehydes is 1. The number of ketones is 1. The molecule has 1 amide bonds. The Morgan fingerprint density at radius 2 is 2.19 bits per heavy atom. The predicted molar refractivity (Wildman–Crippen MR) is 97.0 cm³/mol. The number of thiophene rings is 1. The van der Waals surface area contributed by atoms with Crippen LogP contribution in [-0.4, -0.2) is 53.8 Å². The average molecular weight is 376 g/mol. The van der Waals surface area contributed by atoms with Crippen molar-refractivity contribution in [2.24, 2.45) is 5.92 Å². The molecule has 1 aromatic heterocycles. The van der Waals surface area contributed by atoms with Gasteiger partial charge < -0.3 is 10.1 Å². The molecule has 7 heteroatoms. The average Bonchev–Trinajstić information content (AvgIpc) is 3.41. The Morgan fingerprint density at radius 3 is 2.88 bits per heavy atom. The highest BCUT2D eigenvalue weighted by Gasteiger charge is 2.54. The summed E-state index contributed by atoms with van der Waals surface area (Å²) in [5.41, 5.74) is -1.14. The molecule has 3 atom stereocenters. The van der Waals surface area contributed by atoms with Gasteiger partial charge in [0.2, 0.25) is 0 Å². The third kappa shape index (κ3) is 3.12. The number of Topliss-reactive ketones (excluding diaryl/α,β-unsaturated/α-hetero) is 1. The van der Waals surface area contributed by atoms with Crippen LogP contribution in [0.25, 0.3) is 0 Å². The van der Waals surface area contributed by atoms with Gasteiger partial charge in [-0.1, -0.05) is 31.7 Å². The highest BCUT2D eigenvalue weighted by Crippen LogP contribution is 2.38. The molecule has 1 saturated carbocycles. The second-order valence-electron chi connectivity index (χ2n) is 7.57. The van der Waals surface area contributed by atoms with Crippen LogP contribution in [0.1, 0.15) is 48.2 Å². The van der Waals surface area contributed by atoms with Crippen LogP contribution in [0.3, 0.4) is 0 Å². The van der Waals surface area contributed by atoms with E-state index in [9.17, 15) is 14.4 Å². The summed E-state index contributed by atoms with van der Waals surface area (Å²) < 4.78 is 5.59. The molecule has 4 rings (SSSR count). The third-order valence-electron chi connectivity index (χ3n) is 5.97. The molecule has 1 N–H and O–H groups in total. The normalized spacial score (nSPS) is 28.8. The maximum atomic E-state index is 12.8. The van der Waals surface area contributed by atoms with E-state index in [1.165, 1.54) is 11.3 Å². The zero-order valence-electron chi connectivity index (χ0n) is 14.7. The summed E-state index contributed by atoms with van der Waals surface area (Å²) in [6, 6.07) is 3.14. The number of fused-ring (bicyclic) bond motifs is 1. The molecular weight excluding hydrogens is 352 g/mol. The Kier molecular flexibility index (Phi) is 4.94. The van der Waals surface area contributed by atoms with Gasteiger partial charge in [0.05, 0.1) is 17.0 Å². The maximum absolute atomic E-state index is 12.8. The molecule has 1 aromatic rings. The first-order valence-electron chi connectivity index (χ1n) is 9.36. The van der Waals surface area contributed by atoms with Crippen molar-refractivity contribution < 1.29 is 19.1 Å². The molecule has 140 valence electrons.